The summed E-state index contributed by atoms with van der Waals surface area (Å²) in [4.78, 5) is 40.7. The Bertz CT molecular complexity index is 426. The predicted octanol–water partition coefficient (Wildman–Crippen LogP) is 3.60. The number of rotatable bonds is 17. The van der Waals surface area contributed by atoms with Crippen LogP contribution in [0.25, 0.3) is 0 Å². The van der Waals surface area contributed by atoms with Crippen LogP contribution >= 0.6 is 0 Å². The number of carbonyl (C=O) groups is 4. The zero-order chi connectivity index (χ0) is 21.6. The molecule has 0 heterocycles. The van der Waals surface area contributed by atoms with Crippen LogP contribution in [0.4, 0.5) is 0 Å². The molecule has 0 rings (SSSR count). The number of unbranched alkanes of at least 4 members (excludes halogenated alkanes) is 9. The van der Waals surface area contributed by atoms with Crippen molar-refractivity contribution in [2.45, 2.75) is 96.8 Å². The maximum atomic E-state index is 11.1. The topological polar surface area (TPSA) is 138 Å². The number of carbonyl (C=O) groups excluding carboxylic acids is 1. The Balaban J connectivity index is -0.000000636. The number of carboxylic acids is 3. The summed E-state index contributed by atoms with van der Waals surface area (Å²) in [5, 5.41) is 24.2. The molecule has 0 amide bonds. The van der Waals surface area contributed by atoms with Crippen LogP contribution in [0.2, 0.25) is 0 Å². The van der Waals surface area contributed by atoms with E-state index in [-0.39, 0.29) is 55.2 Å². The van der Waals surface area contributed by atoms with E-state index in [1.807, 2.05) is 0 Å². The van der Waals surface area contributed by atoms with Gasteiger partial charge in [0.25, 0.3) is 0 Å². The monoisotopic (exact) mass is 428 g/mol. The molecule has 0 aliphatic carbocycles. The molecule has 0 aliphatic heterocycles. The van der Waals surface area contributed by atoms with Gasteiger partial charge in [0.05, 0.1) is 32.3 Å². The van der Waals surface area contributed by atoms with E-state index < -0.39 is 23.9 Å². The number of ether oxygens (including phenoxy) is 1. The summed E-state index contributed by atoms with van der Waals surface area (Å²) < 4.78 is 4.96. The van der Waals surface area contributed by atoms with E-state index in [9.17, 15) is 19.2 Å². The van der Waals surface area contributed by atoms with Gasteiger partial charge in [-0.25, -0.2) is 0 Å². The van der Waals surface area contributed by atoms with Crippen LogP contribution in [0.3, 0.4) is 0 Å². The van der Waals surface area contributed by atoms with E-state index in [1.54, 1.807) is 0 Å². The minimum absolute atomic E-state index is 0. The normalized spacial score (nSPS) is 9.55. The predicted molar refractivity (Wildman–Crippen MR) is 111 cm³/mol. The van der Waals surface area contributed by atoms with Gasteiger partial charge in [-0.2, -0.15) is 0 Å². The molecule has 0 unspecified atom stereocenters. The molecule has 0 bridgehead atoms. The molecule has 0 atom stereocenters. The van der Waals surface area contributed by atoms with Gasteiger partial charge < -0.3 is 20.1 Å². The third kappa shape index (κ3) is 34.8. The zero-order valence-electron chi connectivity index (χ0n) is 17.0. The standard InChI is InChI=1S/C16H30O4.C4H6O4.Na.H/c1-2-3-4-5-6-7-8-9-10-11-14-20-16(19)13-12-15(17)18;5-3(6)1-2-4(7)8;;/h2-14H2,1H3,(H,17,18);1-2H2,(H,5,6)(H,7,8);;. The number of esters is 1. The second-order valence-corrected chi connectivity index (χ2v) is 6.58. The van der Waals surface area contributed by atoms with Crippen molar-refractivity contribution in [3.63, 3.8) is 0 Å². The van der Waals surface area contributed by atoms with E-state index in [1.165, 1.54) is 51.4 Å². The number of hydrogen-bond donors (Lipinski definition) is 3. The van der Waals surface area contributed by atoms with E-state index in [4.69, 9.17) is 20.1 Å². The van der Waals surface area contributed by atoms with Gasteiger partial charge in [0, 0.05) is 0 Å². The Morgan fingerprint density at radius 2 is 0.931 bits per heavy atom. The average molecular weight is 428 g/mol. The van der Waals surface area contributed by atoms with Crippen molar-refractivity contribution in [3.05, 3.63) is 0 Å². The van der Waals surface area contributed by atoms with Gasteiger partial charge in [0.2, 0.25) is 0 Å². The van der Waals surface area contributed by atoms with Gasteiger partial charge >= 0.3 is 53.4 Å². The van der Waals surface area contributed by atoms with Crippen LogP contribution in [-0.2, 0) is 23.9 Å². The Labute approximate surface area is 195 Å². The fourth-order valence-corrected chi connectivity index (χ4v) is 2.27. The Morgan fingerprint density at radius 3 is 1.31 bits per heavy atom. The van der Waals surface area contributed by atoms with Crippen molar-refractivity contribution >= 4 is 53.4 Å². The van der Waals surface area contributed by atoms with Crippen LogP contribution < -0.4 is 0 Å². The van der Waals surface area contributed by atoms with Gasteiger partial charge in [0.15, 0.2) is 0 Å². The fraction of sp³-hybridized carbons (Fsp3) is 0.800. The van der Waals surface area contributed by atoms with E-state index in [0.717, 1.165) is 12.8 Å². The van der Waals surface area contributed by atoms with Crippen LogP contribution in [0.1, 0.15) is 96.8 Å². The third-order valence-electron chi connectivity index (χ3n) is 3.86. The SMILES string of the molecule is CCCCCCCCCCCCOC(=O)CCC(=O)O.O=C(O)CCC(=O)O.[NaH]. The van der Waals surface area contributed by atoms with Crippen LogP contribution in [-0.4, -0.2) is 75.4 Å². The zero-order valence-corrected chi connectivity index (χ0v) is 17.0. The van der Waals surface area contributed by atoms with Gasteiger partial charge in [-0.1, -0.05) is 64.7 Å². The first-order valence-electron chi connectivity index (χ1n) is 10.1. The molecule has 0 saturated carbocycles. The maximum absolute atomic E-state index is 11.1. The molecule has 0 aromatic carbocycles. The van der Waals surface area contributed by atoms with E-state index in [0.29, 0.717) is 6.61 Å². The Morgan fingerprint density at radius 1 is 0.586 bits per heavy atom. The first-order chi connectivity index (χ1) is 13.3. The van der Waals surface area contributed by atoms with Crippen LogP contribution in [0.5, 0.6) is 0 Å². The molecule has 0 aliphatic rings. The third-order valence-corrected chi connectivity index (χ3v) is 3.86. The molecule has 0 fully saturated rings. The molecule has 0 aromatic heterocycles. The van der Waals surface area contributed by atoms with Gasteiger partial charge in [-0.3, -0.25) is 19.2 Å². The minimum atomic E-state index is -1.08. The van der Waals surface area contributed by atoms with Crippen LogP contribution in [0, 0.1) is 0 Å². The molecule has 0 radical (unpaired) electrons. The van der Waals surface area contributed by atoms with Crippen molar-refractivity contribution in [2.24, 2.45) is 0 Å². The second kappa shape index (κ2) is 24.9. The summed E-state index contributed by atoms with van der Waals surface area (Å²) in [7, 11) is 0. The number of hydrogen-bond acceptors (Lipinski definition) is 5. The Hall–Kier alpha value is -1.12. The summed E-state index contributed by atoms with van der Waals surface area (Å²) in [5.74, 6) is -3.51. The Kier molecular flexibility index (Phi) is 28.0. The van der Waals surface area contributed by atoms with Crippen molar-refractivity contribution in [2.75, 3.05) is 6.61 Å². The van der Waals surface area contributed by atoms with Gasteiger partial charge in [-0.15, -0.1) is 0 Å². The quantitative estimate of drug-likeness (QED) is 0.181. The first kappa shape index (κ1) is 32.5. The summed E-state index contributed by atoms with van der Waals surface area (Å²) >= 11 is 0. The molecule has 166 valence electrons. The van der Waals surface area contributed by atoms with Crippen molar-refractivity contribution in [3.8, 4) is 0 Å². The molecule has 0 saturated heterocycles. The van der Waals surface area contributed by atoms with Gasteiger partial charge in [-0.05, 0) is 6.42 Å². The molecule has 8 nitrogen and oxygen atoms in total. The van der Waals surface area contributed by atoms with Crippen LogP contribution in [0.15, 0.2) is 0 Å². The summed E-state index contributed by atoms with van der Waals surface area (Å²) in [6, 6.07) is 0. The van der Waals surface area contributed by atoms with Crippen molar-refractivity contribution in [1.29, 1.82) is 0 Å². The van der Waals surface area contributed by atoms with E-state index in [2.05, 4.69) is 6.92 Å². The second-order valence-electron chi connectivity index (χ2n) is 6.58. The molecular formula is C20H37NaO8. The molecule has 0 aromatic rings. The fourth-order valence-electron chi connectivity index (χ4n) is 2.27. The van der Waals surface area contributed by atoms with E-state index >= 15 is 0 Å². The number of carboxylic acid groups (broad SMARTS) is 3. The first-order valence-corrected chi connectivity index (χ1v) is 10.1. The van der Waals surface area contributed by atoms with Crippen molar-refractivity contribution < 1.29 is 39.2 Å². The summed E-state index contributed by atoms with van der Waals surface area (Å²) in [5.41, 5.74) is 0. The summed E-state index contributed by atoms with van der Waals surface area (Å²) in [6.45, 7) is 2.66. The average Bonchev–Trinajstić information content (AvgIpc) is 2.63. The molecule has 0 spiro atoms. The summed E-state index contributed by atoms with van der Waals surface area (Å²) in [6.07, 6.45) is 11.7. The van der Waals surface area contributed by atoms with Gasteiger partial charge in [0.1, 0.15) is 0 Å². The molecule has 3 N–H and O–H groups in total. The molecule has 9 heteroatoms. The van der Waals surface area contributed by atoms with Crippen molar-refractivity contribution in [1.82, 2.24) is 0 Å². The molecular weight excluding hydrogens is 391 g/mol. The molecule has 29 heavy (non-hydrogen) atoms. The number of aliphatic carboxylic acids is 3.